The maximum atomic E-state index is 12.4. The largest absolute Gasteiger partial charge is 0.326 e. The first-order chi connectivity index (χ1) is 11.5. The fourth-order valence-corrected chi connectivity index (χ4v) is 2.96. The number of benzene rings is 1. The van der Waals surface area contributed by atoms with Gasteiger partial charge in [0.05, 0.1) is 6.42 Å². The molecule has 0 saturated heterocycles. The Bertz CT molecular complexity index is 919. The monoisotopic (exact) mass is 341 g/mol. The van der Waals surface area contributed by atoms with Crippen LogP contribution in [0.15, 0.2) is 29.4 Å². The van der Waals surface area contributed by atoms with Crippen LogP contribution in [0, 0.1) is 20.8 Å². The molecule has 2 aromatic heterocycles. The zero-order valence-corrected chi connectivity index (χ0v) is 14.9. The zero-order chi connectivity index (χ0) is 17.3. The third kappa shape index (κ3) is 3.26. The van der Waals surface area contributed by atoms with Gasteiger partial charge in [-0.2, -0.15) is 4.98 Å². The van der Waals surface area contributed by atoms with Crippen LogP contribution in [0.1, 0.15) is 22.5 Å². The maximum Gasteiger partial charge on any atom is 0.253 e. The number of aryl methyl sites for hydroxylation is 3. The summed E-state index contributed by atoms with van der Waals surface area (Å²) in [6.07, 6.45) is 2.18. The lowest BCUT2D eigenvalue weighted by molar-refractivity contribution is -0.115. The van der Waals surface area contributed by atoms with Crippen LogP contribution in [0.25, 0.3) is 5.78 Å². The number of carbonyl (C=O) groups excluding carboxylic acids is 1. The number of amides is 1. The molecule has 3 aromatic rings. The molecule has 6 nitrogen and oxygen atoms in total. The quantitative estimate of drug-likeness (QED) is 0.739. The van der Waals surface area contributed by atoms with Gasteiger partial charge >= 0.3 is 0 Å². The summed E-state index contributed by atoms with van der Waals surface area (Å²) in [6, 6.07) is 7.75. The summed E-state index contributed by atoms with van der Waals surface area (Å²) in [5.74, 6) is 0.496. The molecule has 124 valence electrons. The van der Waals surface area contributed by atoms with E-state index in [-0.39, 0.29) is 12.3 Å². The van der Waals surface area contributed by atoms with Crippen LogP contribution >= 0.6 is 11.8 Å². The highest BCUT2D eigenvalue weighted by Crippen LogP contribution is 2.18. The highest BCUT2D eigenvalue weighted by atomic mass is 32.2. The zero-order valence-electron chi connectivity index (χ0n) is 14.1. The smallest absolute Gasteiger partial charge is 0.253 e. The minimum Gasteiger partial charge on any atom is -0.326 e. The summed E-state index contributed by atoms with van der Waals surface area (Å²) < 4.78 is 1.70. The van der Waals surface area contributed by atoms with Crippen LogP contribution in [0.3, 0.4) is 0 Å². The van der Waals surface area contributed by atoms with Gasteiger partial charge in [-0.15, -0.1) is 5.10 Å². The van der Waals surface area contributed by atoms with E-state index in [9.17, 15) is 4.79 Å². The SMILES string of the molecule is CSc1nc2nc(C)c(CC(=O)Nc3cccc(C)c3)c(C)n2n1. The summed E-state index contributed by atoms with van der Waals surface area (Å²) in [7, 11) is 0. The second kappa shape index (κ2) is 6.60. The van der Waals surface area contributed by atoms with E-state index in [1.807, 2.05) is 51.3 Å². The predicted molar refractivity (Wildman–Crippen MR) is 95.5 cm³/mol. The molecule has 0 saturated carbocycles. The van der Waals surface area contributed by atoms with Crippen molar-refractivity contribution in [1.82, 2.24) is 19.6 Å². The first-order valence-electron chi connectivity index (χ1n) is 7.61. The maximum absolute atomic E-state index is 12.4. The number of thioether (sulfide) groups is 1. The number of hydrogen-bond donors (Lipinski definition) is 1. The fourth-order valence-electron chi connectivity index (χ4n) is 2.62. The summed E-state index contributed by atoms with van der Waals surface area (Å²) in [4.78, 5) is 21.2. The van der Waals surface area contributed by atoms with Gasteiger partial charge in [0.15, 0.2) is 0 Å². The van der Waals surface area contributed by atoms with Gasteiger partial charge in [-0.3, -0.25) is 4.79 Å². The first-order valence-corrected chi connectivity index (χ1v) is 8.83. The van der Waals surface area contributed by atoms with E-state index < -0.39 is 0 Å². The third-order valence-electron chi connectivity index (χ3n) is 3.85. The highest BCUT2D eigenvalue weighted by molar-refractivity contribution is 7.98. The van der Waals surface area contributed by atoms with E-state index in [1.54, 1.807) is 4.52 Å². The molecule has 1 N–H and O–H groups in total. The highest BCUT2D eigenvalue weighted by Gasteiger charge is 2.16. The predicted octanol–water partition coefficient (Wildman–Crippen LogP) is 2.95. The Labute approximate surface area is 144 Å². The number of carbonyl (C=O) groups is 1. The average Bonchev–Trinajstić information content (AvgIpc) is 2.94. The van der Waals surface area contributed by atoms with Gasteiger partial charge in [-0.25, -0.2) is 9.50 Å². The van der Waals surface area contributed by atoms with Crippen molar-refractivity contribution in [3.63, 3.8) is 0 Å². The van der Waals surface area contributed by atoms with Crippen molar-refractivity contribution in [3.8, 4) is 0 Å². The molecule has 0 atom stereocenters. The van der Waals surface area contributed by atoms with E-state index in [0.29, 0.717) is 10.9 Å². The second-order valence-electron chi connectivity index (χ2n) is 5.67. The minimum absolute atomic E-state index is 0.0712. The lowest BCUT2D eigenvalue weighted by atomic mass is 10.1. The minimum atomic E-state index is -0.0712. The van der Waals surface area contributed by atoms with Gasteiger partial charge < -0.3 is 5.32 Å². The van der Waals surface area contributed by atoms with E-state index in [2.05, 4.69) is 20.4 Å². The molecular formula is C17H19N5OS. The Hall–Kier alpha value is -2.41. The Kier molecular flexibility index (Phi) is 4.53. The van der Waals surface area contributed by atoms with Gasteiger partial charge in [-0.1, -0.05) is 23.9 Å². The molecule has 0 aliphatic heterocycles. The Morgan fingerprint density at radius 2 is 2.04 bits per heavy atom. The first kappa shape index (κ1) is 16.4. The lowest BCUT2D eigenvalue weighted by Crippen LogP contribution is -2.17. The van der Waals surface area contributed by atoms with Crippen LogP contribution in [-0.2, 0) is 11.2 Å². The van der Waals surface area contributed by atoms with E-state index in [0.717, 1.165) is 28.2 Å². The van der Waals surface area contributed by atoms with Crippen molar-refractivity contribution in [2.75, 3.05) is 11.6 Å². The topological polar surface area (TPSA) is 72.2 Å². The van der Waals surface area contributed by atoms with E-state index >= 15 is 0 Å². The molecule has 0 aliphatic rings. The Balaban J connectivity index is 1.87. The van der Waals surface area contributed by atoms with Crippen molar-refractivity contribution < 1.29 is 4.79 Å². The Morgan fingerprint density at radius 1 is 1.25 bits per heavy atom. The van der Waals surface area contributed by atoms with Crippen LogP contribution in [-0.4, -0.2) is 31.7 Å². The fraction of sp³-hybridized carbons (Fsp3) is 0.294. The molecule has 0 aliphatic carbocycles. The van der Waals surface area contributed by atoms with E-state index in [1.165, 1.54) is 11.8 Å². The molecule has 7 heteroatoms. The molecule has 0 unspecified atom stereocenters. The van der Waals surface area contributed by atoms with Crippen molar-refractivity contribution in [2.45, 2.75) is 32.3 Å². The number of hydrogen-bond acceptors (Lipinski definition) is 5. The molecular weight excluding hydrogens is 322 g/mol. The summed E-state index contributed by atoms with van der Waals surface area (Å²) in [5.41, 5.74) is 4.49. The normalized spacial score (nSPS) is 11.0. The average molecular weight is 341 g/mol. The molecule has 2 heterocycles. The van der Waals surface area contributed by atoms with Gasteiger partial charge in [0.1, 0.15) is 0 Å². The van der Waals surface area contributed by atoms with Gasteiger partial charge in [0.25, 0.3) is 5.78 Å². The van der Waals surface area contributed by atoms with E-state index in [4.69, 9.17) is 0 Å². The standard InChI is InChI=1S/C17H19N5OS/c1-10-6-5-7-13(8-10)19-15(23)9-14-11(2)18-16-20-17(24-4)21-22(16)12(14)3/h5-8H,9H2,1-4H3,(H,19,23). The number of rotatable bonds is 4. The van der Waals surface area contributed by atoms with Gasteiger partial charge in [0, 0.05) is 22.6 Å². The molecule has 24 heavy (non-hydrogen) atoms. The number of nitrogens with one attached hydrogen (secondary N) is 1. The summed E-state index contributed by atoms with van der Waals surface area (Å²) in [6.45, 7) is 5.83. The molecule has 1 amide bonds. The molecule has 0 fully saturated rings. The lowest BCUT2D eigenvalue weighted by Gasteiger charge is -2.11. The summed E-state index contributed by atoms with van der Waals surface area (Å²) >= 11 is 1.47. The van der Waals surface area contributed by atoms with Gasteiger partial charge in [-0.05, 0) is 44.7 Å². The van der Waals surface area contributed by atoms with Crippen molar-refractivity contribution in [1.29, 1.82) is 0 Å². The Morgan fingerprint density at radius 3 is 2.75 bits per heavy atom. The number of anilines is 1. The van der Waals surface area contributed by atoms with Crippen LogP contribution < -0.4 is 5.32 Å². The van der Waals surface area contributed by atoms with Crippen LogP contribution in [0.4, 0.5) is 5.69 Å². The summed E-state index contributed by atoms with van der Waals surface area (Å²) in [5, 5.41) is 8.02. The molecule has 0 bridgehead atoms. The second-order valence-corrected chi connectivity index (χ2v) is 6.44. The van der Waals surface area contributed by atoms with Gasteiger partial charge in [0.2, 0.25) is 11.1 Å². The van der Waals surface area contributed by atoms with Crippen molar-refractivity contribution in [2.24, 2.45) is 0 Å². The third-order valence-corrected chi connectivity index (χ3v) is 4.39. The van der Waals surface area contributed by atoms with Crippen molar-refractivity contribution in [3.05, 3.63) is 46.8 Å². The van der Waals surface area contributed by atoms with Crippen LogP contribution in [0.5, 0.6) is 0 Å². The number of aromatic nitrogens is 4. The number of fused-ring (bicyclic) bond motifs is 1. The molecule has 0 radical (unpaired) electrons. The molecule has 3 rings (SSSR count). The van der Waals surface area contributed by atoms with Crippen molar-refractivity contribution >= 4 is 29.1 Å². The van der Waals surface area contributed by atoms with Crippen LogP contribution in [0.2, 0.25) is 0 Å². The molecule has 1 aromatic carbocycles. The number of nitrogens with zero attached hydrogens (tertiary/aromatic N) is 4. The molecule has 0 spiro atoms.